The van der Waals surface area contributed by atoms with E-state index in [2.05, 4.69) is 59.6 Å². The van der Waals surface area contributed by atoms with Crippen LogP contribution in [0.2, 0.25) is 0 Å². The topological polar surface area (TPSA) is 168 Å². The zero-order valence-corrected chi connectivity index (χ0v) is 46.9. The van der Waals surface area contributed by atoms with Crippen molar-refractivity contribution in [2.24, 2.45) is 105 Å². The maximum atomic E-state index is 11.8. The normalized spacial score (nSPS) is 47.6. The SMILES string of the molecule is CC[C@H]1[C@@H](O)C2C3CC[C@H]([C@H](C)CCCCCO)[C@@]3(C)CCC2[C@@]2(C)CC[C@@H](O)C[C@@H]12.CC[C@H]1[C@@H](O)C2C3CC[C@H]([C@H](C)CCCCCOS(=O)(=O)[O-])[C@@]3(C)CCC2[C@@]2(C)CC[C@@H](O)C[C@@H]12.[Na+]. The van der Waals surface area contributed by atoms with Crippen molar-refractivity contribution in [3.8, 4) is 0 Å². The van der Waals surface area contributed by atoms with Gasteiger partial charge in [-0.3, -0.25) is 4.18 Å². The molecule has 8 saturated carbocycles. The molecule has 9 nitrogen and oxygen atoms in total. The quantitative estimate of drug-likeness (QED) is 0.0445. The number of hydrogen-bond acceptors (Lipinski definition) is 9. The van der Waals surface area contributed by atoms with Crippen molar-refractivity contribution in [3.63, 3.8) is 0 Å². The summed E-state index contributed by atoms with van der Waals surface area (Å²) in [7, 11) is -4.58. The molecule has 0 aliphatic heterocycles. The third-order valence-corrected chi connectivity index (χ3v) is 23.6. The first-order valence-electron chi connectivity index (χ1n) is 28.1. The van der Waals surface area contributed by atoms with Crippen LogP contribution in [0.4, 0.5) is 0 Å². The second-order valence-corrected chi connectivity index (χ2v) is 26.9. The van der Waals surface area contributed by atoms with Gasteiger partial charge in [-0.1, -0.05) is 107 Å². The molecule has 8 fully saturated rings. The van der Waals surface area contributed by atoms with E-state index in [0.717, 1.165) is 95.3 Å². The van der Waals surface area contributed by atoms with Gasteiger partial charge in [0.2, 0.25) is 10.4 Å². The minimum atomic E-state index is -4.58. The minimum absolute atomic E-state index is 0. The van der Waals surface area contributed by atoms with Gasteiger partial charge >= 0.3 is 29.6 Å². The Hall–Kier alpha value is 0.670. The van der Waals surface area contributed by atoms with Crippen LogP contribution in [0.25, 0.3) is 0 Å². The van der Waals surface area contributed by atoms with E-state index in [9.17, 15) is 33.4 Å². The monoisotopic (exact) mass is 971 g/mol. The molecule has 0 aromatic rings. The summed E-state index contributed by atoms with van der Waals surface area (Å²) in [4.78, 5) is 0. The van der Waals surface area contributed by atoms with Gasteiger partial charge in [0, 0.05) is 6.61 Å². The van der Waals surface area contributed by atoms with E-state index >= 15 is 0 Å². The fourth-order valence-corrected chi connectivity index (χ4v) is 20.3. The zero-order valence-electron chi connectivity index (χ0n) is 44.1. The number of aliphatic hydroxyl groups excluding tert-OH is 5. The van der Waals surface area contributed by atoms with E-state index in [-0.39, 0.29) is 71.4 Å². The van der Waals surface area contributed by atoms with Crippen LogP contribution in [-0.2, 0) is 14.6 Å². The number of hydrogen-bond donors (Lipinski definition) is 5. The fourth-order valence-electron chi connectivity index (χ4n) is 19.9. The molecule has 8 rings (SSSR count). The van der Waals surface area contributed by atoms with E-state index in [1.807, 2.05) is 0 Å². The molecule has 0 aromatic heterocycles. The smallest absolute Gasteiger partial charge is 0.726 e. The van der Waals surface area contributed by atoms with Crippen molar-refractivity contribution >= 4 is 10.4 Å². The van der Waals surface area contributed by atoms with Crippen LogP contribution in [0, 0.1) is 105 Å². The van der Waals surface area contributed by atoms with Gasteiger partial charge in [-0.05, 0) is 207 Å². The second kappa shape index (κ2) is 23.1. The molecule has 0 saturated heterocycles. The van der Waals surface area contributed by atoms with Crippen molar-refractivity contribution in [2.45, 2.75) is 234 Å². The Labute approximate surface area is 431 Å². The molecule has 11 heteroatoms. The molecule has 8 aliphatic carbocycles. The van der Waals surface area contributed by atoms with E-state index in [4.69, 9.17) is 5.11 Å². The first kappa shape index (κ1) is 57.0. The summed E-state index contributed by atoms with van der Waals surface area (Å²) in [6, 6.07) is 0. The maximum Gasteiger partial charge on any atom is 1.00 e. The molecule has 0 radical (unpaired) electrons. The Morgan fingerprint density at radius 2 is 0.940 bits per heavy atom. The van der Waals surface area contributed by atoms with Gasteiger partial charge < -0.3 is 30.1 Å². The number of fused-ring (bicyclic) bond motifs is 10. The van der Waals surface area contributed by atoms with Crippen LogP contribution in [0.5, 0.6) is 0 Å². The summed E-state index contributed by atoms with van der Waals surface area (Å²) in [5.74, 6) is 7.71. The first-order valence-corrected chi connectivity index (χ1v) is 29.5. The average molecular weight is 971 g/mol. The zero-order chi connectivity index (χ0) is 48.0. The first-order chi connectivity index (χ1) is 31.2. The summed E-state index contributed by atoms with van der Waals surface area (Å²) in [6.07, 6.45) is 25.6. The molecule has 67 heavy (non-hydrogen) atoms. The van der Waals surface area contributed by atoms with Gasteiger partial charge in [-0.15, -0.1) is 0 Å². The van der Waals surface area contributed by atoms with Crippen LogP contribution < -0.4 is 29.6 Å². The molecule has 0 heterocycles. The largest absolute Gasteiger partial charge is 1.00 e. The third kappa shape index (κ3) is 11.1. The van der Waals surface area contributed by atoms with E-state index in [1.54, 1.807) is 0 Å². The number of rotatable bonds is 16. The van der Waals surface area contributed by atoms with Crippen molar-refractivity contribution in [1.82, 2.24) is 0 Å². The van der Waals surface area contributed by atoms with Gasteiger partial charge in [-0.25, -0.2) is 8.42 Å². The summed E-state index contributed by atoms with van der Waals surface area (Å²) >= 11 is 0. The Morgan fingerprint density at radius 1 is 0.552 bits per heavy atom. The Kier molecular flexibility index (Phi) is 19.6. The minimum Gasteiger partial charge on any atom is -0.726 e. The van der Waals surface area contributed by atoms with Crippen LogP contribution in [0.1, 0.15) is 209 Å². The van der Waals surface area contributed by atoms with E-state index in [1.165, 1.54) is 64.2 Å². The van der Waals surface area contributed by atoms with Crippen molar-refractivity contribution < 1.29 is 72.2 Å². The van der Waals surface area contributed by atoms with Crippen LogP contribution in [0.3, 0.4) is 0 Å². The van der Waals surface area contributed by atoms with Crippen molar-refractivity contribution in [1.29, 1.82) is 0 Å². The van der Waals surface area contributed by atoms with Gasteiger partial charge in [0.05, 0.1) is 31.0 Å². The van der Waals surface area contributed by atoms with Gasteiger partial charge in [0.15, 0.2) is 0 Å². The Balaban J connectivity index is 0.000000219. The van der Waals surface area contributed by atoms with Gasteiger partial charge in [0.1, 0.15) is 0 Å². The van der Waals surface area contributed by atoms with Gasteiger partial charge in [-0.2, -0.15) is 0 Å². The fraction of sp³-hybridized carbons (Fsp3) is 1.00. The standard InChI is InChI=1S/C28H50O6S.C28H50O3.Na/c1-5-20-24-17-19(29)12-14-28(24,4)23-13-15-27(3)21(10-11-22(27)25(23)26(20)30)18(2)9-7-6-8-16-34-35(31,32)33;1-5-20-24-17-19(30)12-14-28(24,4)23-13-15-27(3)21(18(2)9-7-6-8-16-29)10-11-22(27)25(23)26(20)31;/h18-26,29-30H,5-17H2,1-4H3,(H,31,32,33);18-26,29-31H,5-17H2,1-4H3;/q;;+1/p-1/t2*18-,19-,20-,21-,22?,23?,24+,25?,26-,27-,28-;/m11./s1. The summed E-state index contributed by atoms with van der Waals surface area (Å²) in [5.41, 5.74) is 1.21. The Morgan fingerprint density at radius 3 is 1.33 bits per heavy atom. The van der Waals surface area contributed by atoms with Crippen LogP contribution >= 0.6 is 0 Å². The summed E-state index contributed by atoms with van der Waals surface area (Å²) in [6.45, 7) is 19.8. The predicted octanol–water partition coefficient (Wildman–Crippen LogP) is 8.09. The molecule has 8 aliphatic rings. The number of aliphatic hydroxyl groups is 5. The summed E-state index contributed by atoms with van der Waals surface area (Å²) < 4.78 is 36.1. The predicted molar refractivity (Wildman–Crippen MR) is 262 cm³/mol. The van der Waals surface area contributed by atoms with Crippen LogP contribution in [-0.4, -0.2) is 76.1 Å². The molecule has 384 valence electrons. The molecule has 0 bridgehead atoms. The second-order valence-electron chi connectivity index (χ2n) is 25.9. The van der Waals surface area contributed by atoms with E-state index in [0.29, 0.717) is 94.9 Å². The van der Waals surface area contributed by atoms with E-state index < -0.39 is 10.4 Å². The summed E-state index contributed by atoms with van der Waals surface area (Å²) in [5, 5.41) is 53.6. The maximum absolute atomic E-state index is 11.8. The molecule has 22 atom stereocenters. The molecule has 0 amide bonds. The molecule has 0 spiro atoms. The Bertz CT molecular complexity index is 1680. The van der Waals surface area contributed by atoms with Crippen molar-refractivity contribution in [3.05, 3.63) is 0 Å². The van der Waals surface area contributed by atoms with Crippen molar-refractivity contribution in [2.75, 3.05) is 13.2 Å². The molecule has 0 aromatic carbocycles. The molecular formula is C56H99NaO9S. The third-order valence-electron chi connectivity index (χ3n) is 23.2. The molecular weight excluding hydrogens is 872 g/mol. The van der Waals surface area contributed by atoms with Gasteiger partial charge in [0.25, 0.3) is 0 Å². The number of unbranched alkanes of at least 4 members (excludes halogenated alkanes) is 4. The average Bonchev–Trinajstić information content (AvgIpc) is 3.81. The molecule has 5 N–H and O–H groups in total. The van der Waals surface area contributed by atoms with Crippen LogP contribution in [0.15, 0.2) is 0 Å². The molecule has 6 unspecified atom stereocenters.